The molecule has 20 aromatic carbocycles. The summed E-state index contributed by atoms with van der Waals surface area (Å²) in [5, 5.41) is 23.5. The van der Waals surface area contributed by atoms with Crippen molar-refractivity contribution in [2.24, 2.45) is 0 Å². The molecule has 684 valence electrons. The predicted octanol–water partition coefficient (Wildman–Crippen LogP) is 41.7. The van der Waals surface area contributed by atoms with Gasteiger partial charge in [-0.1, -0.05) is 388 Å². The molecule has 0 spiro atoms. The fraction of sp³-hybridized carbons (Fsp3) is 0.0159. The molecule has 140 heavy (non-hydrogen) atoms. The van der Waals surface area contributed by atoms with Gasteiger partial charge in [-0.05, 0) is 315 Å². The number of benzene rings is 20. The van der Waals surface area contributed by atoms with Crippen molar-refractivity contribution in [3.63, 3.8) is 0 Å². The second-order valence-electron chi connectivity index (χ2n) is 32.8. The van der Waals surface area contributed by atoms with Gasteiger partial charge in [0.05, 0.1) is 14.4 Å². The van der Waals surface area contributed by atoms with Crippen LogP contribution in [0.4, 0.5) is 45.4 Å². The third-order valence-corrected chi connectivity index (χ3v) is 29.0. The number of alkyl halides is 2. The minimum Gasteiger partial charge on any atom is -0.255 e. The maximum absolute atomic E-state index is 9.50. The smallest absolute Gasteiger partial charge is 0.0785 e. The Balaban J connectivity index is 0.000000175. The Hall–Kier alpha value is -15.9. The molecule has 0 atom stereocenters. The summed E-state index contributed by atoms with van der Waals surface area (Å²) in [6.07, 6.45) is 0. The molecule has 0 radical (unpaired) electrons. The zero-order valence-electron chi connectivity index (χ0n) is 75.6. The monoisotopic (exact) mass is 1920 g/mol. The topological polar surface area (TPSA) is 0 Å². The fourth-order valence-corrected chi connectivity index (χ4v) is 22.3. The third-order valence-electron chi connectivity index (χ3n) is 25.3. The van der Waals surface area contributed by atoms with Crippen molar-refractivity contribution in [3.05, 3.63) is 483 Å². The lowest BCUT2D eigenvalue weighted by Crippen LogP contribution is -1.97. The van der Waals surface area contributed by atoms with Crippen LogP contribution in [0, 0.1) is 0 Å². The van der Waals surface area contributed by atoms with E-state index < -0.39 is 0 Å². The Labute approximate surface area is 821 Å². The van der Waals surface area contributed by atoms with Crippen LogP contribution in [0.25, 0.3) is 240 Å². The quantitative estimate of drug-likeness (QED) is 0.0668. The molecule has 0 saturated carbocycles. The fourth-order valence-electron chi connectivity index (χ4n) is 19.4. The number of thiophene rings is 4. The Morgan fingerprint density at radius 3 is 0.664 bits per heavy atom. The van der Waals surface area contributed by atoms with Gasteiger partial charge >= 0.3 is 0 Å². The molecule has 0 N–H and O–H groups in total. The summed E-state index contributed by atoms with van der Waals surface area (Å²) in [6, 6.07) is 171. The molecule has 0 saturated heterocycles. The molecule has 4 aromatic heterocycles. The molecule has 24 rings (SSSR count). The van der Waals surface area contributed by atoms with E-state index in [1.54, 1.807) is 45.3 Å². The van der Waals surface area contributed by atoms with E-state index in [1.807, 2.05) is 0 Å². The summed E-state index contributed by atoms with van der Waals surface area (Å²) in [6.45, 7) is 0. The molecule has 0 unspecified atom stereocenters. The predicted molar refractivity (Wildman–Crippen MR) is 579 cm³/mol. The van der Waals surface area contributed by atoms with E-state index in [-0.39, 0.29) is 0 Å². The highest BCUT2D eigenvalue weighted by Gasteiger charge is 2.29. The molecule has 4 heterocycles. The zero-order valence-corrected chi connectivity index (χ0v) is 78.9. The van der Waals surface area contributed by atoms with Gasteiger partial charge in [0.1, 0.15) is 0 Å². The highest BCUT2D eigenvalue weighted by atomic mass is 32.1. The summed E-state index contributed by atoms with van der Waals surface area (Å²) in [5.41, 5.74) is 34.0. The van der Waals surface area contributed by atoms with E-state index in [0.29, 0.717) is 14.4 Å². The number of rotatable bonds is 16. The van der Waals surface area contributed by atoms with E-state index in [0.717, 1.165) is 0 Å². The van der Waals surface area contributed by atoms with E-state index >= 15 is 0 Å². The van der Waals surface area contributed by atoms with Crippen LogP contribution in [0.2, 0.25) is 0 Å². The van der Waals surface area contributed by atoms with Gasteiger partial charge in [0, 0.05) is 56.1 Å². The molecule has 0 aliphatic rings. The average Bonchev–Trinajstić information content (AvgIpc) is 0.977. The number of fused-ring (bicyclic) bond motifs is 6. The van der Waals surface area contributed by atoms with Gasteiger partial charge in [0.2, 0.25) is 0 Å². The van der Waals surface area contributed by atoms with Crippen molar-refractivity contribution in [2.45, 2.75) is 0 Å². The number of hydrogen-bond acceptors (Lipinski definition) is 4. The van der Waals surface area contributed by atoms with E-state index in [4.69, 9.17) is 36.6 Å². The Morgan fingerprint density at radius 2 is 0.343 bits per heavy atom. The summed E-state index contributed by atoms with van der Waals surface area (Å²) < 4.78 is 83.0. The molecule has 0 amide bonds. The Morgan fingerprint density at radius 1 is 0.136 bits per heavy atom. The second kappa shape index (κ2) is 45.8. The van der Waals surface area contributed by atoms with Crippen LogP contribution in [0.15, 0.2) is 483 Å². The molecular weight excluding hydrogens is 1830 g/mol. The van der Waals surface area contributed by atoms with Crippen molar-refractivity contribution < 1.29 is 45.4 Å². The van der Waals surface area contributed by atoms with Crippen molar-refractivity contribution >= 4 is 110 Å². The molecule has 0 nitrogen and oxygen atoms in total. The van der Waals surface area contributed by atoms with Gasteiger partial charge in [-0.2, -0.15) is 0 Å². The van der Waals surface area contributed by atoms with Crippen LogP contribution in [0.5, 0.6) is 0 Å². The van der Waals surface area contributed by atoms with Crippen molar-refractivity contribution in [2.75, 3.05) is 14.4 Å². The van der Waals surface area contributed by atoms with Gasteiger partial charge in [-0.15, -0.1) is 45.3 Å². The SMILES string of the molecule is CF.CF.FF.FF.FF.FF.c1ccc(-c2c3cc4cc(-c5cccs5)ccc4c(-c4ccc(-c5cccs5)cc4)c3c(-c3ccccc3)c3cc(-c4cccs4)cc(-c4ccc(-c5cccs5)cc4)c23)cc1.c1ccc(-c2ccc(-c3cc(-c4ccccc4)cc4c(-c5ccccc5)c5c(-c6ccc(-c7ccccc7)cc6)c6ccc(-c7ccccc7)cc6cc5c(-c5ccccc5)c34)cc2)cc1. The highest BCUT2D eigenvalue weighted by Crippen LogP contribution is 2.57. The van der Waals surface area contributed by atoms with Gasteiger partial charge in [0.25, 0.3) is 0 Å². The standard InChI is InChI=1S/C66H44.C58H36S4.2CH3F.4F2/c1-7-19-45(20-8-1)49-31-35-51(36-32-49)59-42-56(48-25-13-4-14-26-48)43-60-64(53-29-17-6-18-30-53)66-61(63(65(59)60)52-27-15-5-16-28-52)44-57-41-55(47-23-11-3-12-24-47)39-40-58(57)62(66)54-37-33-50(34-38-54)46-21-9-2-10-22-46;1-3-11-40(12-4-1)55-49-34-44-33-43(52-17-9-31-61-52)27-28-46(44)54(42-25-23-39(24-26-42)51-16-8-30-60-51)58(49)56(41-13-5-2-6-14-41)48-36-45(53-18-10-32-62-53)35-47(57(48)55)37-19-21-38(22-20-37)50-15-7-29-59-50;6*1-2/h1-44H;1-36H;2*1H3;;;;. The van der Waals surface area contributed by atoms with Crippen LogP contribution >= 0.6 is 45.3 Å². The molecule has 0 aliphatic heterocycles. The second-order valence-corrected chi connectivity index (χ2v) is 36.6. The lowest BCUT2D eigenvalue weighted by Gasteiger charge is -2.25. The van der Waals surface area contributed by atoms with Gasteiger partial charge in [-0.25, -0.2) is 0 Å². The maximum atomic E-state index is 9.50. The molecule has 0 aliphatic carbocycles. The van der Waals surface area contributed by atoms with E-state index in [2.05, 4.69) is 483 Å². The first-order chi connectivity index (χ1) is 69.5. The van der Waals surface area contributed by atoms with Crippen molar-refractivity contribution in [3.8, 4) is 175 Å². The first kappa shape index (κ1) is 95.8. The lowest BCUT2D eigenvalue weighted by atomic mass is 9.78. The van der Waals surface area contributed by atoms with Gasteiger partial charge < -0.3 is 0 Å². The van der Waals surface area contributed by atoms with Crippen LogP contribution in [-0.2, 0) is 0 Å². The number of halogens is 10. The summed E-state index contributed by atoms with van der Waals surface area (Å²) in [4.78, 5) is 5.09. The first-order valence-corrected chi connectivity index (χ1v) is 48.4. The summed E-state index contributed by atoms with van der Waals surface area (Å²) in [5.74, 6) is 0. The van der Waals surface area contributed by atoms with Crippen LogP contribution in [0.1, 0.15) is 0 Å². The van der Waals surface area contributed by atoms with Crippen molar-refractivity contribution in [1.29, 1.82) is 0 Å². The van der Waals surface area contributed by atoms with Gasteiger partial charge in [0.15, 0.2) is 0 Å². The molecule has 14 heteroatoms. The summed E-state index contributed by atoms with van der Waals surface area (Å²) in [7, 11) is 1.00. The minimum atomic E-state index is 0.500. The maximum Gasteiger partial charge on any atom is 0.0785 e. The largest absolute Gasteiger partial charge is 0.255 e. The van der Waals surface area contributed by atoms with Crippen molar-refractivity contribution in [1.82, 2.24) is 0 Å². The molecule has 0 fully saturated rings. The summed E-state index contributed by atoms with van der Waals surface area (Å²) >= 11 is 7.16. The van der Waals surface area contributed by atoms with Gasteiger partial charge in [-0.3, -0.25) is 8.78 Å². The molecule has 24 aromatic rings. The zero-order chi connectivity index (χ0) is 96.8. The highest BCUT2D eigenvalue weighted by molar-refractivity contribution is 7.14. The minimum absolute atomic E-state index is 0.500. The average molecular weight is 1920 g/mol. The lowest BCUT2D eigenvalue weighted by molar-refractivity contribution is 0.108. The third kappa shape index (κ3) is 19.6. The van der Waals surface area contributed by atoms with Crippen LogP contribution in [-0.4, -0.2) is 14.4 Å². The van der Waals surface area contributed by atoms with E-state index in [9.17, 15) is 8.78 Å². The van der Waals surface area contributed by atoms with Crippen LogP contribution in [0.3, 0.4) is 0 Å². The molecular formula is C126H86F10S4. The molecule has 0 bridgehead atoms. The normalized spacial score (nSPS) is 10.7. The Kier molecular flexibility index (Phi) is 31.3. The van der Waals surface area contributed by atoms with Crippen LogP contribution < -0.4 is 0 Å². The number of hydrogen-bond donors (Lipinski definition) is 0. The van der Waals surface area contributed by atoms with E-state index in [1.165, 1.54) is 240 Å². The Bertz CT molecular complexity index is 8180. The first-order valence-electron chi connectivity index (χ1n) is 44.9.